The van der Waals surface area contributed by atoms with E-state index in [9.17, 15) is 8.78 Å². The molecule has 0 aliphatic carbocycles. The standard InChI is InChI=1S/C15H19F2NSi/c1-10-8-15(19(3,4)5)11(2)18(10)14-7-6-12(16)9-13(14)17/h6-9H,1-5H3. The van der Waals surface area contributed by atoms with Gasteiger partial charge in [0.15, 0.2) is 0 Å². The van der Waals surface area contributed by atoms with Crippen LogP contribution in [0.1, 0.15) is 11.4 Å². The molecule has 4 heteroatoms. The molecule has 1 nitrogen and oxygen atoms in total. The maximum absolute atomic E-state index is 14.0. The number of halogens is 2. The SMILES string of the molecule is Cc1cc([Si](C)(C)C)c(C)n1-c1ccc(F)cc1F. The average Bonchev–Trinajstić information content (AvgIpc) is 2.55. The van der Waals surface area contributed by atoms with E-state index in [1.54, 1.807) is 0 Å². The van der Waals surface area contributed by atoms with Crippen molar-refractivity contribution >= 4 is 13.3 Å². The summed E-state index contributed by atoms with van der Waals surface area (Å²) in [7, 11) is -1.47. The molecule has 2 rings (SSSR count). The Bertz CT molecular complexity index is 624. The van der Waals surface area contributed by atoms with Gasteiger partial charge in [-0.25, -0.2) is 8.78 Å². The minimum absolute atomic E-state index is 0.418. The summed E-state index contributed by atoms with van der Waals surface area (Å²) in [5, 5.41) is 1.31. The van der Waals surface area contributed by atoms with Crippen LogP contribution in [0.3, 0.4) is 0 Å². The van der Waals surface area contributed by atoms with Gasteiger partial charge in [0, 0.05) is 17.5 Å². The van der Waals surface area contributed by atoms with Gasteiger partial charge in [-0.1, -0.05) is 19.6 Å². The Labute approximate surface area is 113 Å². The predicted molar refractivity (Wildman–Crippen MR) is 78.1 cm³/mol. The second-order valence-corrected chi connectivity index (χ2v) is 11.0. The van der Waals surface area contributed by atoms with Crippen LogP contribution >= 0.6 is 0 Å². The van der Waals surface area contributed by atoms with E-state index in [1.165, 1.54) is 17.3 Å². The molecule has 0 N–H and O–H groups in total. The second-order valence-electron chi connectivity index (χ2n) is 5.97. The van der Waals surface area contributed by atoms with Crippen LogP contribution in [-0.2, 0) is 0 Å². The molecule has 0 amide bonds. The molecule has 1 heterocycles. The summed E-state index contributed by atoms with van der Waals surface area (Å²) in [4.78, 5) is 0. The van der Waals surface area contributed by atoms with Gasteiger partial charge in [0.05, 0.1) is 13.8 Å². The Hall–Kier alpha value is -1.42. The number of aromatic nitrogens is 1. The molecule has 0 spiro atoms. The third-order valence-corrected chi connectivity index (χ3v) is 5.51. The first-order chi connectivity index (χ1) is 8.71. The normalized spacial score (nSPS) is 11.9. The zero-order valence-electron chi connectivity index (χ0n) is 12.0. The minimum atomic E-state index is -1.47. The van der Waals surface area contributed by atoms with E-state index >= 15 is 0 Å². The first kappa shape index (κ1) is 14.0. The van der Waals surface area contributed by atoms with Crippen LogP contribution in [0.5, 0.6) is 0 Å². The summed E-state index contributed by atoms with van der Waals surface area (Å²) >= 11 is 0. The smallest absolute Gasteiger partial charge is 0.150 e. The molecule has 0 saturated carbocycles. The first-order valence-electron chi connectivity index (χ1n) is 6.36. The molecular weight excluding hydrogens is 260 g/mol. The average molecular weight is 279 g/mol. The zero-order valence-corrected chi connectivity index (χ0v) is 13.0. The van der Waals surface area contributed by atoms with Gasteiger partial charge in [-0.3, -0.25) is 0 Å². The quantitative estimate of drug-likeness (QED) is 0.734. The fourth-order valence-electron chi connectivity index (χ4n) is 2.56. The van der Waals surface area contributed by atoms with Crippen LogP contribution in [0.4, 0.5) is 8.78 Å². The molecule has 0 aliphatic rings. The van der Waals surface area contributed by atoms with Crippen LogP contribution in [0.15, 0.2) is 24.3 Å². The van der Waals surface area contributed by atoms with Crippen LogP contribution in [-0.4, -0.2) is 12.6 Å². The predicted octanol–water partition coefficient (Wildman–Crippen LogP) is 3.92. The van der Waals surface area contributed by atoms with Gasteiger partial charge >= 0.3 is 0 Å². The third kappa shape index (κ3) is 2.49. The van der Waals surface area contributed by atoms with E-state index in [1.807, 2.05) is 18.4 Å². The van der Waals surface area contributed by atoms with Crippen LogP contribution in [0.25, 0.3) is 5.69 Å². The second kappa shape index (κ2) is 4.60. The molecule has 2 aromatic rings. The Kier molecular flexibility index (Phi) is 3.39. The van der Waals surface area contributed by atoms with Crippen molar-refractivity contribution in [3.63, 3.8) is 0 Å². The van der Waals surface area contributed by atoms with Gasteiger partial charge in [-0.05, 0) is 37.2 Å². The van der Waals surface area contributed by atoms with Crippen molar-refractivity contribution in [1.29, 1.82) is 0 Å². The first-order valence-corrected chi connectivity index (χ1v) is 9.86. The topological polar surface area (TPSA) is 4.93 Å². The summed E-state index contributed by atoms with van der Waals surface area (Å²) in [6, 6.07) is 5.86. The maximum Gasteiger partial charge on any atom is 0.150 e. The Morgan fingerprint density at radius 3 is 2.11 bits per heavy atom. The van der Waals surface area contributed by atoms with E-state index in [-0.39, 0.29) is 0 Å². The van der Waals surface area contributed by atoms with Crippen molar-refractivity contribution in [3.8, 4) is 5.69 Å². The van der Waals surface area contributed by atoms with Gasteiger partial charge in [-0.15, -0.1) is 0 Å². The third-order valence-electron chi connectivity index (χ3n) is 3.39. The summed E-state index contributed by atoms with van der Waals surface area (Å²) < 4.78 is 28.8. The monoisotopic (exact) mass is 279 g/mol. The summed E-state index contributed by atoms with van der Waals surface area (Å²) in [6.45, 7) is 10.8. The van der Waals surface area contributed by atoms with E-state index in [2.05, 4.69) is 25.7 Å². The molecular formula is C15H19F2NSi. The van der Waals surface area contributed by atoms with Crippen molar-refractivity contribution in [2.45, 2.75) is 33.5 Å². The van der Waals surface area contributed by atoms with Gasteiger partial charge in [0.2, 0.25) is 0 Å². The van der Waals surface area contributed by atoms with Crippen molar-refractivity contribution in [3.05, 3.63) is 47.3 Å². The van der Waals surface area contributed by atoms with E-state index in [4.69, 9.17) is 0 Å². The number of hydrogen-bond acceptors (Lipinski definition) is 0. The molecule has 0 aliphatic heterocycles. The van der Waals surface area contributed by atoms with Crippen LogP contribution in [0.2, 0.25) is 19.6 Å². The Balaban J connectivity index is 2.67. The molecule has 19 heavy (non-hydrogen) atoms. The molecule has 0 radical (unpaired) electrons. The lowest BCUT2D eigenvalue weighted by molar-refractivity contribution is 0.576. The molecule has 0 saturated heterocycles. The molecule has 0 atom stereocenters. The van der Waals surface area contributed by atoms with Crippen LogP contribution < -0.4 is 5.19 Å². The Morgan fingerprint density at radius 1 is 1.00 bits per heavy atom. The Morgan fingerprint density at radius 2 is 1.63 bits per heavy atom. The molecule has 0 bridgehead atoms. The highest BCUT2D eigenvalue weighted by atomic mass is 28.3. The van der Waals surface area contributed by atoms with Gasteiger partial charge in [0.25, 0.3) is 0 Å². The van der Waals surface area contributed by atoms with Crippen molar-refractivity contribution < 1.29 is 8.78 Å². The molecule has 0 unspecified atom stereocenters. The van der Waals surface area contributed by atoms with Crippen molar-refractivity contribution in [2.75, 3.05) is 0 Å². The van der Waals surface area contributed by atoms with E-state index in [0.717, 1.165) is 17.5 Å². The van der Waals surface area contributed by atoms with Gasteiger partial charge in [-0.2, -0.15) is 0 Å². The minimum Gasteiger partial charge on any atom is -0.316 e. The number of aryl methyl sites for hydroxylation is 1. The maximum atomic E-state index is 14.0. The highest BCUT2D eigenvalue weighted by Gasteiger charge is 2.23. The zero-order chi connectivity index (χ0) is 14.4. The summed E-state index contributed by atoms with van der Waals surface area (Å²) in [5.74, 6) is -1.07. The lowest BCUT2D eigenvalue weighted by Gasteiger charge is -2.17. The van der Waals surface area contributed by atoms with Gasteiger partial charge < -0.3 is 4.57 Å². The molecule has 0 fully saturated rings. The number of hydrogen-bond donors (Lipinski definition) is 0. The summed E-state index contributed by atoms with van der Waals surface area (Å²) in [5.41, 5.74) is 2.46. The highest BCUT2D eigenvalue weighted by Crippen LogP contribution is 2.21. The van der Waals surface area contributed by atoms with Crippen molar-refractivity contribution in [1.82, 2.24) is 4.57 Å². The lowest BCUT2D eigenvalue weighted by Crippen LogP contribution is -2.38. The van der Waals surface area contributed by atoms with E-state index in [0.29, 0.717) is 5.69 Å². The molecule has 102 valence electrons. The number of nitrogens with zero attached hydrogens (tertiary/aromatic N) is 1. The van der Waals surface area contributed by atoms with Crippen LogP contribution in [0, 0.1) is 25.5 Å². The van der Waals surface area contributed by atoms with Crippen molar-refractivity contribution in [2.24, 2.45) is 0 Å². The highest BCUT2D eigenvalue weighted by molar-refractivity contribution is 6.89. The number of rotatable bonds is 2. The van der Waals surface area contributed by atoms with Gasteiger partial charge in [0.1, 0.15) is 11.6 Å². The largest absolute Gasteiger partial charge is 0.316 e. The number of benzene rings is 1. The fraction of sp³-hybridized carbons (Fsp3) is 0.333. The summed E-state index contributed by atoms with van der Waals surface area (Å²) in [6.07, 6.45) is 0. The van der Waals surface area contributed by atoms with E-state index < -0.39 is 19.7 Å². The lowest BCUT2D eigenvalue weighted by atomic mass is 10.3. The fourth-order valence-corrected chi connectivity index (χ4v) is 4.39. The molecule has 1 aromatic carbocycles. The molecule has 1 aromatic heterocycles.